The molecule has 0 fully saturated rings. The number of rotatable bonds is 5. The van der Waals surface area contributed by atoms with Crippen LogP contribution in [-0.4, -0.2) is 5.91 Å². The highest BCUT2D eigenvalue weighted by molar-refractivity contribution is 5.80. The second kappa shape index (κ2) is 6.19. The normalized spacial score (nSPS) is 9.79. The molecule has 2 nitrogen and oxygen atoms in total. The van der Waals surface area contributed by atoms with Crippen LogP contribution in [0.15, 0.2) is 30.3 Å². The number of carbonyl (C=O) groups is 1. The fourth-order valence-corrected chi connectivity index (χ4v) is 1.23. The number of nitrogens with zero attached hydrogens (tertiary/aromatic N) is 1. The highest BCUT2D eigenvalue weighted by Crippen LogP contribution is 2.07. The van der Waals surface area contributed by atoms with Crippen LogP contribution in [0.5, 0.6) is 0 Å². The summed E-state index contributed by atoms with van der Waals surface area (Å²) in [5.41, 5.74) is 0.758. The van der Waals surface area contributed by atoms with Crippen molar-refractivity contribution in [2.75, 3.05) is 0 Å². The average molecular weight is 190 g/mol. The molecule has 0 unspecified atom stereocenters. The fourth-order valence-electron chi connectivity index (χ4n) is 1.23. The van der Waals surface area contributed by atoms with Crippen molar-refractivity contribution in [3.05, 3.63) is 30.3 Å². The van der Waals surface area contributed by atoms with E-state index in [9.17, 15) is 4.79 Å². The predicted molar refractivity (Wildman–Crippen MR) is 57.4 cm³/mol. The van der Waals surface area contributed by atoms with E-state index in [4.69, 9.17) is 0 Å². The van der Waals surface area contributed by atoms with E-state index in [0.717, 1.165) is 24.9 Å². The first-order valence-corrected chi connectivity index (χ1v) is 5.12. The molecule has 0 aliphatic heterocycles. The molecule has 0 aliphatic rings. The molecule has 0 N–H and O–H groups in total. The molecule has 0 aromatic heterocycles. The lowest BCUT2D eigenvalue weighted by atomic mass is 10.2. The van der Waals surface area contributed by atoms with Crippen LogP contribution in [0.2, 0.25) is 0 Å². The monoisotopic (exact) mass is 190 g/mol. The second-order valence-electron chi connectivity index (χ2n) is 3.30. The van der Waals surface area contributed by atoms with Gasteiger partial charge in [-0.15, -0.1) is 0 Å². The lowest BCUT2D eigenvalue weighted by Crippen LogP contribution is -2.09. The van der Waals surface area contributed by atoms with Crippen molar-refractivity contribution in [2.45, 2.75) is 32.6 Å². The molecule has 1 radical (unpaired) electrons. The highest BCUT2D eigenvalue weighted by atomic mass is 16.1. The Balaban J connectivity index is 2.27. The summed E-state index contributed by atoms with van der Waals surface area (Å²) in [4.78, 5) is 11.3. The largest absolute Gasteiger partial charge is 0.273 e. The Bertz CT molecular complexity index is 269. The summed E-state index contributed by atoms with van der Waals surface area (Å²) in [5, 5.41) is 3.99. The smallest absolute Gasteiger partial charge is 0.246 e. The molecular weight excluding hydrogens is 174 g/mol. The van der Waals surface area contributed by atoms with Gasteiger partial charge in [-0.05, 0) is 18.6 Å². The van der Waals surface area contributed by atoms with Crippen molar-refractivity contribution < 1.29 is 4.79 Å². The van der Waals surface area contributed by atoms with Crippen LogP contribution in [0.4, 0.5) is 5.69 Å². The van der Waals surface area contributed by atoms with Gasteiger partial charge in [0, 0.05) is 6.42 Å². The number of benzene rings is 1. The van der Waals surface area contributed by atoms with Crippen molar-refractivity contribution in [3.8, 4) is 0 Å². The number of carbonyl (C=O) groups excluding carboxylic acids is 1. The van der Waals surface area contributed by atoms with Crippen molar-refractivity contribution in [2.24, 2.45) is 0 Å². The lowest BCUT2D eigenvalue weighted by molar-refractivity contribution is -0.120. The van der Waals surface area contributed by atoms with Crippen molar-refractivity contribution in [1.82, 2.24) is 5.32 Å². The van der Waals surface area contributed by atoms with Crippen LogP contribution >= 0.6 is 0 Å². The third-order valence-electron chi connectivity index (χ3n) is 2.00. The van der Waals surface area contributed by atoms with Gasteiger partial charge in [0.05, 0.1) is 5.69 Å². The quantitative estimate of drug-likeness (QED) is 0.656. The van der Waals surface area contributed by atoms with E-state index in [1.54, 1.807) is 0 Å². The van der Waals surface area contributed by atoms with Gasteiger partial charge in [-0.3, -0.25) is 4.79 Å². The Hall–Kier alpha value is -1.31. The number of amides is 1. The van der Waals surface area contributed by atoms with Gasteiger partial charge in [0.2, 0.25) is 5.91 Å². The third kappa shape index (κ3) is 4.08. The zero-order valence-corrected chi connectivity index (χ0v) is 8.57. The summed E-state index contributed by atoms with van der Waals surface area (Å²) in [6.45, 7) is 2.12. The van der Waals surface area contributed by atoms with E-state index in [1.807, 2.05) is 30.3 Å². The van der Waals surface area contributed by atoms with Crippen molar-refractivity contribution >= 4 is 11.6 Å². The van der Waals surface area contributed by atoms with E-state index in [2.05, 4.69) is 12.2 Å². The molecule has 0 spiro atoms. The highest BCUT2D eigenvalue weighted by Gasteiger charge is 2.02. The summed E-state index contributed by atoms with van der Waals surface area (Å²) in [5.74, 6) is -0.00958. The SMILES string of the molecule is CCCCCC(=O)[N]c1ccccc1. The van der Waals surface area contributed by atoms with Crippen molar-refractivity contribution in [3.63, 3.8) is 0 Å². The van der Waals surface area contributed by atoms with Crippen LogP contribution < -0.4 is 5.32 Å². The summed E-state index contributed by atoms with van der Waals surface area (Å²) in [6, 6.07) is 9.38. The summed E-state index contributed by atoms with van der Waals surface area (Å²) < 4.78 is 0. The van der Waals surface area contributed by atoms with Crippen molar-refractivity contribution in [1.29, 1.82) is 0 Å². The Morgan fingerprint density at radius 3 is 2.57 bits per heavy atom. The van der Waals surface area contributed by atoms with E-state index in [0.29, 0.717) is 6.42 Å². The summed E-state index contributed by atoms with van der Waals surface area (Å²) in [7, 11) is 0. The summed E-state index contributed by atoms with van der Waals surface area (Å²) in [6.07, 6.45) is 3.77. The number of para-hydroxylation sites is 1. The molecule has 1 aromatic carbocycles. The molecule has 0 atom stereocenters. The molecule has 1 aromatic rings. The van der Waals surface area contributed by atoms with E-state index in [1.165, 1.54) is 0 Å². The van der Waals surface area contributed by atoms with Gasteiger partial charge >= 0.3 is 0 Å². The minimum Gasteiger partial charge on any atom is -0.273 e. The van der Waals surface area contributed by atoms with Gasteiger partial charge in [-0.1, -0.05) is 38.0 Å². The first-order chi connectivity index (χ1) is 6.83. The van der Waals surface area contributed by atoms with E-state index < -0.39 is 0 Å². The Kier molecular flexibility index (Phi) is 4.76. The van der Waals surface area contributed by atoms with Gasteiger partial charge in [-0.2, -0.15) is 0 Å². The number of unbranched alkanes of at least 4 members (excludes halogenated alkanes) is 2. The maximum absolute atomic E-state index is 11.3. The zero-order valence-electron chi connectivity index (χ0n) is 8.57. The molecular formula is C12H16NO. The van der Waals surface area contributed by atoms with Gasteiger partial charge in [0.1, 0.15) is 0 Å². The van der Waals surface area contributed by atoms with Crippen LogP contribution in [0.1, 0.15) is 32.6 Å². The average Bonchev–Trinajstić information content (AvgIpc) is 2.20. The minimum atomic E-state index is -0.00958. The lowest BCUT2D eigenvalue weighted by Gasteiger charge is -2.00. The van der Waals surface area contributed by atoms with Crippen LogP contribution in [-0.2, 0) is 4.79 Å². The molecule has 0 heterocycles. The first-order valence-electron chi connectivity index (χ1n) is 5.12. The van der Waals surface area contributed by atoms with Gasteiger partial charge in [0.25, 0.3) is 0 Å². The molecule has 75 valence electrons. The molecule has 2 heteroatoms. The molecule has 1 amide bonds. The topological polar surface area (TPSA) is 31.2 Å². The molecule has 0 saturated carbocycles. The fraction of sp³-hybridized carbons (Fsp3) is 0.417. The maximum Gasteiger partial charge on any atom is 0.246 e. The maximum atomic E-state index is 11.3. The third-order valence-corrected chi connectivity index (χ3v) is 2.00. The first kappa shape index (κ1) is 10.8. The number of hydrogen-bond acceptors (Lipinski definition) is 1. The van der Waals surface area contributed by atoms with Gasteiger partial charge < -0.3 is 0 Å². The summed E-state index contributed by atoms with van der Waals surface area (Å²) >= 11 is 0. The van der Waals surface area contributed by atoms with Crippen LogP contribution in [0.25, 0.3) is 0 Å². The van der Waals surface area contributed by atoms with Crippen LogP contribution in [0, 0.1) is 0 Å². The Morgan fingerprint density at radius 1 is 1.21 bits per heavy atom. The van der Waals surface area contributed by atoms with Gasteiger partial charge in [-0.25, -0.2) is 5.32 Å². The molecule has 0 bridgehead atoms. The minimum absolute atomic E-state index is 0.00958. The van der Waals surface area contributed by atoms with E-state index >= 15 is 0 Å². The second-order valence-corrected chi connectivity index (χ2v) is 3.30. The van der Waals surface area contributed by atoms with E-state index in [-0.39, 0.29) is 5.91 Å². The molecule has 1 rings (SSSR count). The van der Waals surface area contributed by atoms with Crippen LogP contribution in [0.3, 0.4) is 0 Å². The molecule has 0 aliphatic carbocycles. The molecule has 14 heavy (non-hydrogen) atoms. The number of hydrogen-bond donors (Lipinski definition) is 0. The Morgan fingerprint density at radius 2 is 1.93 bits per heavy atom. The predicted octanol–water partition coefficient (Wildman–Crippen LogP) is 3.03. The zero-order chi connectivity index (χ0) is 10.2. The van der Waals surface area contributed by atoms with Gasteiger partial charge in [0.15, 0.2) is 0 Å². The molecule has 0 saturated heterocycles. The Labute approximate surface area is 85.3 Å². The standard InChI is InChI=1S/C12H16NO/c1-2-3-5-10-12(14)13-11-8-6-4-7-9-11/h4,6-9H,2-3,5,10H2,1H3.